The predicted octanol–water partition coefficient (Wildman–Crippen LogP) is 3.80. The van der Waals surface area contributed by atoms with E-state index in [9.17, 15) is 4.79 Å². The van der Waals surface area contributed by atoms with Crippen molar-refractivity contribution in [1.29, 1.82) is 0 Å². The van der Waals surface area contributed by atoms with Gasteiger partial charge in [0.2, 0.25) is 0 Å². The summed E-state index contributed by atoms with van der Waals surface area (Å²) in [6.45, 7) is 3.33. The van der Waals surface area contributed by atoms with Gasteiger partial charge in [0, 0.05) is 5.69 Å². The molecule has 0 unspecified atom stereocenters. The summed E-state index contributed by atoms with van der Waals surface area (Å²) >= 11 is 1.50. The zero-order valence-electron chi connectivity index (χ0n) is 15.9. The summed E-state index contributed by atoms with van der Waals surface area (Å²) in [6, 6.07) is 17.1. The van der Waals surface area contributed by atoms with E-state index in [1.807, 2.05) is 72.3 Å². The number of aromatic nitrogens is 2. The maximum absolute atomic E-state index is 12.6. The Labute approximate surface area is 168 Å². The number of imidazole rings is 1. The van der Waals surface area contributed by atoms with Crippen LogP contribution in [-0.2, 0) is 0 Å². The van der Waals surface area contributed by atoms with Gasteiger partial charge in [0.25, 0.3) is 5.91 Å². The van der Waals surface area contributed by atoms with Crippen LogP contribution >= 0.6 is 11.8 Å². The number of ether oxygens (including phenoxy) is 2. The number of para-hydroxylation sites is 1. The van der Waals surface area contributed by atoms with Gasteiger partial charge in [-0.3, -0.25) is 9.36 Å². The van der Waals surface area contributed by atoms with Gasteiger partial charge >= 0.3 is 0 Å². The van der Waals surface area contributed by atoms with Gasteiger partial charge in [-0.1, -0.05) is 30.0 Å². The molecule has 0 saturated carbocycles. The SMILES string of the molecule is CCOc1ccc(OCCNC(=O)c2cnc(SC)n2-c2ccccc2)cc1. The van der Waals surface area contributed by atoms with E-state index < -0.39 is 0 Å². The Hall–Kier alpha value is -2.93. The Morgan fingerprint density at radius 1 is 1.07 bits per heavy atom. The van der Waals surface area contributed by atoms with E-state index in [1.165, 1.54) is 11.8 Å². The standard InChI is InChI=1S/C21H23N3O3S/c1-3-26-17-9-11-18(12-10-17)27-14-13-22-20(25)19-15-23-21(28-2)24(19)16-7-5-4-6-8-16/h4-12,15H,3,13-14H2,1-2H3,(H,22,25). The first kappa shape index (κ1) is 19.8. The Kier molecular flexibility index (Phi) is 6.97. The van der Waals surface area contributed by atoms with Gasteiger partial charge < -0.3 is 14.8 Å². The molecule has 28 heavy (non-hydrogen) atoms. The molecule has 1 amide bonds. The lowest BCUT2D eigenvalue weighted by Crippen LogP contribution is -2.29. The van der Waals surface area contributed by atoms with Crippen LogP contribution in [0.4, 0.5) is 0 Å². The Morgan fingerprint density at radius 2 is 1.75 bits per heavy atom. The highest BCUT2D eigenvalue weighted by Gasteiger charge is 2.17. The van der Waals surface area contributed by atoms with Gasteiger partial charge in [0.1, 0.15) is 23.8 Å². The van der Waals surface area contributed by atoms with E-state index in [2.05, 4.69) is 10.3 Å². The van der Waals surface area contributed by atoms with Crippen molar-refractivity contribution in [2.24, 2.45) is 0 Å². The molecule has 7 heteroatoms. The van der Waals surface area contributed by atoms with Crippen LogP contribution in [-0.4, -0.2) is 41.5 Å². The second-order valence-corrected chi connectivity index (χ2v) is 6.58. The van der Waals surface area contributed by atoms with Gasteiger partial charge in [-0.2, -0.15) is 0 Å². The number of rotatable bonds is 9. The molecule has 0 aliphatic rings. The van der Waals surface area contributed by atoms with Crippen LogP contribution in [0.3, 0.4) is 0 Å². The molecule has 0 radical (unpaired) electrons. The lowest BCUT2D eigenvalue weighted by molar-refractivity contribution is 0.0939. The van der Waals surface area contributed by atoms with Gasteiger partial charge in [-0.15, -0.1) is 0 Å². The zero-order chi connectivity index (χ0) is 19.8. The first-order chi connectivity index (χ1) is 13.7. The van der Waals surface area contributed by atoms with Crippen molar-refractivity contribution in [2.75, 3.05) is 26.0 Å². The molecule has 0 aliphatic carbocycles. The molecule has 1 aromatic heterocycles. The van der Waals surface area contributed by atoms with Gasteiger partial charge in [0.15, 0.2) is 5.16 Å². The van der Waals surface area contributed by atoms with Crippen LogP contribution < -0.4 is 14.8 Å². The molecule has 1 heterocycles. The number of amides is 1. The van der Waals surface area contributed by atoms with Crippen LogP contribution in [0.1, 0.15) is 17.4 Å². The van der Waals surface area contributed by atoms with Gasteiger partial charge in [-0.05, 0) is 49.6 Å². The second kappa shape index (κ2) is 9.85. The quantitative estimate of drug-likeness (QED) is 0.439. The average molecular weight is 398 g/mol. The van der Waals surface area contributed by atoms with Crippen molar-refractivity contribution in [3.8, 4) is 17.2 Å². The van der Waals surface area contributed by atoms with Crippen LogP contribution in [0.25, 0.3) is 5.69 Å². The fourth-order valence-corrected chi connectivity index (χ4v) is 3.23. The summed E-state index contributed by atoms with van der Waals surface area (Å²) < 4.78 is 12.9. The lowest BCUT2D eigenvalue weighted by Gasteiger charge is -2.12. The maximum atomic E-state index is 12.6. The number of hydrogen-bond acceptors (Lipinski definition) is 5. The smallest absolute Gasteiger partial charge is 0.270 e. The molecular weight excluding hydrogens is 374 g/mol. The highest BCUT2D eigenvalue weighted by Crippen LogP contribution is 2.21. The van der Waals surface area contributed by atoms with Crippen molar-refractivity contribution >= 4 is 17.7 Å². The lowest BCUT2D eigenvalue weighted by atomic mass is 10.3. The molecule has 2 aromatic carbocycles. The molecule has 6 nitrogen and oxygen atoms in total. The number of carbonyl (C=O) groups is 1. The van der Waals surface area contributed by atoms with Crippen molar-refractivity contribution < 1.29 is 14.3 Å². The zero-order valence-corrected chi connectivity index (χ0v) is 16.7. The van der Waals surface area contributed by atoms with E-state index in [-0.39, 0.29) is 5.91 Å². The average Bonchev–Trinajstić information content (AvgIpc) is 3.17. The first-order valence-electron chi connectivity index (χ1n) is 9.04. The van der Waals surface area contributed by atoms with E-state index in [1.54, 1.807) is 6.20 Å². The van der Waals surface area contributed by atoms with E-state index >= 15 is 0 Å². The summed E-state index contributed by atoms with van der Waals surface area (Å²) in [5, 5.41) is 3.66. The molecule has 146 valence electrons. The molecule has 0 aliphatic heterocycles. The Bertz CT molecular complexity index is 895. The molecule has 3 rings (SSSR count). The number of nitrogens with zero attached hydrogens (tertiary/aromatic N) is 2. The molecule has 0 atom stereocenters. The summed E-state index contributed by atoms with van der Waals surface area (Å²) in [5.74, 6) is 1.35. The number of carbonyl (C=O) groups excluding carboxylic acids is 1. The predicted molar refractivity (Wildman–Crippen MR) is 111 cm³/mol. The molecule has 0 spiro atoms. The van der Waals surface area contributed by atoms with Crippen molar-refractivity contribution in [2.45, 2.75) is 12.1 Å². The molecule has 0 fully saturated rings. The monoisotopic (exact) mass is 397 g/mol. The molecule has 1 N–H and O–H groups in total. The molecular formula is C21H23N3O3S. The summed E-state index contributed by atoms with van der Waals surface area (Å²) in [6.07, 6.45) is 3.54. The van der Waals surface area contributed by atoms with Crippen molar-refractivity contribution in [3.63, 3.8) is 0 Å². The molecule has 0 bridgehead atoms. The minimum absolute atomic E-state index is 0.188. The number of nitrogens with one attached hydrogen (secondary N) is 1. The van der Waals surface area contributed by atoms with Crippen molar-refractivity contribution in [3.05, 3.63) is 66.5 Å². The van der Waals surface area contributed by atoms with Crippen molar-refractivity contribution in [1.82, 2.24) is 14.9 Å². The highest BCUT2D eigenvalue weighted by molar-refractivity contribution is 7.98. The number of thioether (sulfide) groups is 1. The maximum Gasteiger partial charge on any atom is 0.270 e. The molecule has 3 aromatic rings. The normalized spacial score (nSPS) is 10.5. The highest BCUT2D eigenvalue weighted by atomic mass is 32.2. The van der Waals surface area contributed by atoms with E-state index in [0.29, 0.717) is 25.5 Å². The first-order valence-corrected chi connectivity index (χ1v) is 10.3. The van der Waals surface area contributed by atoms with Crippen LogP contribution in [0.2, 0.25) is 0 Å². The molecule has 0 saturated heterocycles. The minimum Gasteiger partial charge on any atom is -0.494 e. The van der Waals surface area contributed by atoms with E-state index in [0.717, 1.165) is 22.3 Å². The van der Waals surface area contributed by atoms with Crippen LogP contribution in [0.5, 0.6) is 11.5 Å². The topological polar surface area (TPSA) is 65.4 Å². The third-order valence-corrected chi connectivity index (χ3v) is 4.60. The second-order valence-electron chi connectivity index (χ2n) is 5.81. The van der Waals surface area contributed by atoms with E-state index in [4.69, 9.17) is 9.47 Å². The fourth-order valence-electron chi connectivity index (χ4n) is 2.69. The largest absolute Gasteiger partial charge is 0.494 e. The Morgan fingerprint density at radius 3 is 2.39 bits per heavy atom. The van der Waals surface area contributed by atoms with Gasteiger partial charge in [-0.25, -0.2) is 4.98 Å². The number of benzene rings is 2. The van der Waals surface area contributed by atoms with Crippen LogP contribution in [0, 0.1) is 0 Å². The van der Waals surface area contributed by atoms with Gasteiger partial charge in [0.05, 0.1) is 19.3 Å². The summed E-state index contributed by atoms with van der Waals surface area (Å²) in [5.41, 5.74) is 1.40. The number of hydrogen-bond donors (Lipinski definition) is 1. The fraction of sp³-hybridized carbons (Fsp3) is 0.238. The van der Waals surface area contributed by atoms with Crippen LogP contribution in [0.15, 0.2) is 66.0 Å². The summed E-state index contributed by atoms with van der Waals surface area (Å²) in [7, 11) is 0. The minimum atomic E-state index is -0.188. The third-order valence-electron chi connectivity index (χ3n) is 3.95. The Balaban J connectivity index is 1.57. The third kappa shape index (κ3) is 4.86. The summed E-state index contributed by atoms with van der Waals surface area (Å²) in [4.78, 5) is 17.0.